The number of carboxylic acids is 1. The van der Waals surface area contributed by atoms with Crippen molar-refractivity contribution < 1.29 is 33.3 Å². The molecule has 2 rings (SSSR count). The predicted molar refractivity (Wildman–Crippen MR) is 89.7 cm³/mol. The highest BCUT2D eigenvalue weighted by Gasteiger charge is 2.30. The predicted octanol–water partition coefficient (Wildman–Crippen LogP) is 0.578. The van der Waals surface area contributed by atoms with Crippen LogP contribution in [0.2, 0.25) is 5.28 Å². The van der Waals surface area contributed by atoms with E-state index in [2.05, 4.69) is 19.7 Å². The third-order valence-corrected chi connectivity index (χ3v) is 3.77. The number of nitrogen functional groups attached to an aromatic ring is 1. The van der Waals surface area contributed by atoms with E-state index in [1.54, 1.807) is 0 Å². The number of halogens is 2. The van der Waals surface area contributed by atoms with Gasteiger partial charge in [0.2, 0.25) is 5.28 Å². The third kappa shape index (κ3) is 4.78. The van der Waals surface area contributed by atoms with Crippen LogP contribution in [0.15, 0.2) is 6.33 Å². The minimum Gasteiger partial charge on any atom is -0.479 e. The number of hydrogen-bond donors (Lipinski definition) is 2. The molecule has 0 aliphatic heterocycles. The van der Waals surface area contributed by atoms with E-state index in [1.165, 1.54) is 13.4 Å². The molecule has 0 saturated carbocycles. The molecule has 2 aromatic heterocycles. The first-order valence-corrected chi connectivity index (χ1v) is 7.90. The SMILES string of the molecule is COC(=O)C(OCC(CC(F)n1cnc2c(N)nc(Cl)nc21)OC)C(=O)O. The van der Waals surface area contributed by atoms with Crippen molar-refractivity contribution in [2.45, 2.75) is 24.9 Å². The number of alkyl halides is 1. The lowest BCUT2D eigenvalue weighted by Crippen LogP contribution is -2.36. The molecule has 0 bridgehead atoms. The molecule has 13 heteroatoms. The van der Waals surface area contributed by atoms with Crippen LogP contribution in [0.5, 0.6) is 0 Å². The van der Waals surface area contributed by atoms with Gasteiger partial charge in [0, 0.05) is 13.5 Å². The summed E-state index contributed by atoms with van der Waals surface area (Å²) in [6, 6.07) is 0. The Balaban J connectivity index is 2.10. The number of carboxylic acid groups (broad SMARTS) is 1. The number of esters is 1. The molecular weight excluding hydrogens is 389 g/mol. The van der Waals surface area contributed by atoms with E-state index in [0.29, 0.717) is 0 Å². The van der Waals surface area contributed by atoms with Crippen LogP contribution in [0.4, 0.5) is 10.2 Å². The number of methoxy groups -OCH3 is 2. The van der Waals surface area contributed by atoms with Crippen molar-refractivity contribution in [2.75, 3.05) is 26.6 Å². The number of rotatable bonds is 9. The molecule has 2 aromatic rings. The standard InChI is InChI=1S/C14H17ClFN5O6/c1-25-6(4-27-9(12(22)23)13(24)26-2)3-7(16)21-5-18-8-10(17)19-14(15)20-11(8)21/h5-7,9H,3-4H2,1-2H3,(H,22,23)(H2,17,19,20). The Bertz CT molecular complexity index is 834. The number of nitrogens with two attached hydrogens (primary N) is 1. The van der Waals surface area contributed by atoms with Crippen LogP contribution in [0.25, 0.3) is 11.2 Å². The maximum atomic E-state index is 14.7. The van der Waals surface area contributed by atoms with E-state index < -0.39 is 30.4 Å². The second-order valence-corrected chi connectivity index (χ2v) is 5.64. The van der Waals surface area contributed by atoms with Crippen molar-refractivity contribution in [1.82, 2.24) is 19.5 Å². The van der Waals surface area contributed by atoms with Crippen LogP contribution in [-0.4, -0.2) is 69.6 Å². The Morgan fingerprint density at radius 1 is 1.41 bits per heavy atom. The molecule has 0 aromatic carbocycles. The summed E-state index contributed by atoms with van der Waals surface area (Å²) in [5.41, 5.74) is 5.95. The van der Waals surface area contributed by atoms with Gasteiger partial charge in [-0.25, -0.2) is 19.0 Å². The summed E-state index contributed by atoms with van der Waals surface area (Å²) < 4.78 is 30.3. The first-order chi connectivity index (χ1) is 12.8. The number of anilines is 1. The van der Waals surface area contributed by atoms with E-state index >= 15 is 0 Å². The largest absolute Gasteiger partial charge is 0.479 e. The lowest BCUT2D eigenvalue weighted by atomic mass is 10.2. The normalized spacial score (nSPS) is 14.7. The van der Waals surface area contributed by atoms with Gasteiger partial charge in [-0.2, -0.15) is 9.97 Å². The van der Waals surface area contributed by atoms with E-state index in [4.69, 9.17) is 31.9 Å². The monoisotopic (exact) mass is 405 g/mol. The zero-order valence-electron chi connectivity index (χ0n) is 14.3. The maximum absolute atomic E-state index is 14.7. The van der Waals surface area contributed by atoms with Crippen LogP contribution in [0, 0.1) is 0 Å². The number of aromatic nitrogens is 4. The van der Waals surface area contributed by atoms with E-state index in [9.17, 15) is 14.0 Å². The lowest BCUT2D eigenvalue weighted by molar-refractivity contribution is -0.170. The zero-order valence-corrected chi connectivity index (χ0v) is 15.1. The highest BCUT2D eigenvalue weighted by molar-refractivity contribution is 6.28. The van der Waals surface area contributed by atoms with E-state index in [1.807, 2.05) is 0 Å². The molecule has 0 spiro atoms. The molecule has 0 aliphatic carbocycles. The molecule has 3 N–H and O–H groups in total. The van der Waals surface area contributed by atoms with Crippen LogP contribution in [0.1, 0.15) is 12.7 Å². The molecule has 0 amide bonds. The van der Waals surface area contributed by atoms with Crippen LogP contribution in [0.3, 0.4) is 0 Å². The topological polar surface area (TPSA) is 152 Å². The van der Waals surface area contributed by atoms with Crippen molar-refractivity contribution in [3.8, 4) is 0 Å². The number of ether oxygens (including phenoxy) is 3. The van der Waals surface area contributed by atoms with E-state index in [0.717, 1.165) is 11.7 Å². The fourth-order valence-electron chi connectivity index (χ4n) is 2.23. The number of carbonyl (C=O) groups excluding carboxylic acids is 1. The Morgan fingerprint density at radius 2 is 2.11 bits per heavy atom. The summed E-state index contributed by atoms with van der Waals surface area (Å²) in [4.78, 5) is 34.0. The minimum absolute atomic E-state index is 0.00459. The van der Waals surface area contributed by atoms with Crippen LogP contribution < -0.4 is 5.73 Å². The summed E-state index contributed by atoms with van der Waals surface area (Å²) in [5.74, 6) is -2.61. The van der Waals surface area contributed by atoms with Gasteiger partial charge < -0.3 is 25.1 Å². The molecule has 3 unspecified atom stereocenters. The molecule has 3 atom stereocenters. The van der Waals surface area contributed by atoms with Crippen molar-refractivity contribution in [2.24, 2.45) is 0 Å². The number of imidazole rings is 1. The average Bonchev–Trinajstić information content (AvgIpc) is 3.04. The number of nitrogens with zero attached hydrogens (tertiary/aromatic N) is 4. The van der Waals surface area contributed by atoms with Gasteiger partial charge in [-0.3, -0.25) is 4.57 Å². The number of aliphatic carboxylic acids is 1. The molecule has 0 aliphatic rings. The quantitative estimate of drug-likeness (QED) is 0.344. The zero-order chi connectivity index (χ0) is 20.1. The van der Waals surface area contributed by atoms with Crippen LogP contribution >= 0.6 is 11.6 Å². The summed E-state index contributed by atoms with van der Waals surface area (Å²) in [6.07, 6.45) is -3.46. The number of carbonyl (C=O) groups is 2. The Morgan fingerprint density at radius 3 is 2.70 bits per heavy atom. The van der Waals surface area contributed by atoms with Gasteiger partial charge in [-0.05, 0) is 11.6 Å². The smallest absolute Gasteiger partial charge is 0.346 e. The molecule has 0 radical (unpaired) electrons. The first kappa shape index (κ1) is 20.7. The van der Waals surface area contributed by atoms with Crippen molar-refractivity contribution in [3.05, 3.63) is 11.6 Å². The summed E-state index contributed by atoms with van der Waals surface area (Å²) in [7, 11) is 2.31. The van der Waals surface area contributed by atoms with Gasteiger partial charge in [-0.1, -0.05) is 0 Å². The first-order valence-electron chi connectivity index (χ1n) is 7.53. The average molecular weight is 406 g/mol. The van der Waals surface area contributed by atoms with Crippen LogP contribution in [-0.2, 0) is 23.8 Å². The van der Waals surface area contributed by atoms with E-state index in [-0.39, 0.29) is 35.3 Å². The second kappa shape index (κ2) is 8.88. The maximum Gasteiger partial charge on any atom is 0.346 e. The van der Waals surface area contributed by atoms with Crippen molar-refractivity contribution in [3.63, 3.8) is 0 Å². The van der Waals surface area contributed by atoms with Gasteiger partial charge in [0.1, 0.15) is 5.52 Å². The molecule has 0 saturated heterocycles. The number of fused-ring (bicyclic) bond motifs is 1. The Labute approximate surface area is 157 Å². The van der Waals surface area contributed by atoms with Gasteiger partial charge in [0.25, 0.3) is 6.10 Å². The second-order valence-electron chi connectivity index (χ2n) is 5.30. The summed E-state index contributed by atoms with van der Waals surface area (Å²) in [5, 5.41) is 8.81. The molecule has 11 nitrogen and oxygen atoms in total. The third-order valence-electron chi connectivity index (χ3n) is 3.60. The van der Waals surface area contributed by atoms with Crippen molar-refractivity contribution in [1.29, 1.82) is 0 Å². The molecular formula is C14H17ClFN5O6. The fraction of sp³-hybridized carbons (Fsp3) is 0.500. The molecule has 2 heterocycles. The highest BCUT2D eigenvalue weighted by Crippen LogP contribution is 2.25. The fourth-order valence-corrected chi connectivity index (χ4v) is 2.40. The Hall–Kier alpha value is -2.57. The summed E-state index contributed by atoms with van der Waals surface area (Å²) >= 11 is 5.74. The molecule has 27 heavy (non-hydrogen) atoms. The minimum atomic E-state index is -1.84. The number of hydrogen-bond acceptors (Lipinski definition) is 9. The lowest BCUT2D eigenvalue weighted by Gasteiger charge is -2.20. The van der Waals surface area contributed by atoms with Gasteiger partial charge in [-0.15, -0.1) is 0 Å². The Kier molecular flexibility index (Phi) is 6.82. The van der Waals surface area contributed by atoms with Gasteiger partial charge in [0.15, 0.2) is 17.8 Å². The molecule has 148 valence electrons. The van der Waals surface area contributed by atoms with Gasteiger partial charge >= 0.3 is 11.9 Å². The van der Waals surface area contributed by atoms with Crippen molar-refractivity contribution >= 4 is 40.5 Å². The molecule has 0 fully saturated rings. The highest BCUT2D eigenvalue weighted by atomic mass is 35.5. The summed E-state index contributed by atoms with van der Waals surface area (Å²) in [6.45, 7) is -0.368. The van der Waals surface area contributed by atoms with Gasteiger partial charge in [0.05, 0.1) is 26.1 Å².